The van der Waals surface area contributed by atoms with Crippen LogP contribution in [-0.2, 0) is 11.8 Å². The lowest BCUT2D eigenvalue weighted by molar-refractivity contribution is 0.0594. The van der Waals surface area contributed by atoms with E-state index < -0.39 is 0 Å². The minimum absolute atomic E-state index is 0.0212. The molecule has 0 radical (unpaired) electrons. The minimum Gasteiger partial charge on any atom is -0.377 e. The van der Waals surface area contributed by atoms with Gasteiger partial charge in [0.2, 0.25) is 0 Å². The predicted octanol–water partition coefficient (Wildman–Crippen LogP) is 0.793. The number of likely N-dealkylation sites (tertiary alicyclic amines) is 1. The quantitative estimate of drug-likeness (QED) is 0.891. The fourth-order valence-electron chi connectivity index (χ4n) is 3.22. The number of ether oxygens (including phenoxy) is 1. The number of hydrogen-bond acceptors (Lipinski definition) is 4. The van der Waals surface area contributed by atoms with Gasteiger partial charge in [-0.15, -0.1) is 0 Å². The summed E-state index contributed by atoms with van der Waals surface area (Å²) in [5, 5.41) is 7.17. The van der Waals surface area contributed by atoms with Crippen molar-refractivity contribution in [3.63, 3.8) is 0 Å². The SMILES string of the molecule is Cn1cc(C(=O)NC2CCCN(CC3CCCO3)C2)cn1. The topological polar surface area (TPSA) is 59.4 Å². The molecule has 2 aliphatic heterocycles. The van der Waals surface area contributed by atoms with Gasteiger partial charge in [-0.2, -0.15) is 5.10 Å². The maximum absolute atomic E-state index is 12.2. The van der Waals surface area contributed by atoms with E-state index in [1.807, 2.05) is 7.05 Å². The van der Waals surface area contributed by atoms with Crippen LogP contribution in [0.15, 0.2) is 12.4 Å². The van der Waals surface area contributed by atoms with Crippen LogP contribution in [0, 0.1) is 0 Å². The van der Waals surface area contributed by atoms with E-state index in [9.17, 15) is 4.79 Å². The molecule has 1 amide bonds. The van der Waals surface area contributed by atoms with Crippen molar-refractivity contribution in [3.8, 4) is 0 Å². The van der Waals surface area contributed by atoms with E-state index in [1.54, 1.807) is 17.1 Å². The summed E-state index contributed by atoms with van der Waals surface area (Å²) in [4.78, 5) is 14.6. The molecular formula is C15H24N4O2. The number of aromatic nitrogens is 2. The van der Waals surface area contributed by atoms with Crippen LogP contribution in [0.4, 0.5) is 0 Å². The largest absolute Gasteiger partial charge is 0.377 e. The number of amides is 1. The summed E-state index contributed by atoms with van der Waals surface area (Å²) in [6.45, 7) is 3.93. The van der Waals surface area contributed by atoms with E-state index in [0.29, 0.717) is 11.7 Å². The van der Waals surface area contributed by atoms with Crippen LogP contribution in [0.5, 0.6) is 0 Å². The van der Waals surface area contributed by atoms with Crippen LogP contribution in [0.2, 0.25) is 0 Å². The van der Waals surface area contributed by atoms with Crippen molar-refractivity contribution in [1.29, 1.82) is 0 Å². The minimum atomic E-state index is -0.0212. The van der Waals surface area contributed by atoms with Gasteiger partial charge in [0.1, 0.15) is 0 Å². The van der Waals surface area contributed by atoms with Crippen molar-refractivity contribution in [3.05, 3.63) is 18.0 Å². The van der Waals surface area contributed by atoms with E-state index in [4.69, 9.17) is 4.74 Å². The van der Waals surface area contributed by atoms with Crippen LogP contribution in [0.1, 0.15) is 36.0 Å². The molecule has 6 nitrogen and oxygen atoms in total. The molecule has 0 bridgehead atoms. The Balaban J connectivity index is 1.50. The molecule has 1 N–H and O–H groups in total. The summed E-state index contributed by atoms with van der Waals surface area (Å²) in [5.74, 6) is -0.0212. The van der Waals surface area contributed by atoms with Gasteiger partial charge in [-0.3, -0.25) is 14.4 Å². The Bertz CT molecular complexity index is 482. The molecule has 2 saturated heterocycles. The number of hydrogen-bond donors (Lipinski definition) is 1. The molecule has 2 atom stereocenters. The zero-order valence-corrected chi connectivity index (χ0v) is 12.6. The Morgan fingerprint density at radius 2 is 2.38 bits per heavy atom. The highest BCUT2D eigenvalue weighted by Gasteiger charge is 2.25. The van der Waals surface area contributed by atoms with Crippen molar-refractivity contribution < 1.29 is 9.53 Å². The third-order valence-corrected chi connectivity index (χ3v) is 4.29. The second-order valence-electron chi connectivity index (χ2n) is 6.11. The van der Waals surface area contributed by atoms with E-state index in [1.165, 1.54) is 12.8 Å². The summed E-state index contributed by atoms with van der Waals surface area (Å²) in [6, 6.07) is 0.229. The third kappa shape index (κ3) is 3.83. The molecule has 2 aliphatic rings. The average molecular weight is 292 g/mol. The van der Waals surface area contributed by atoms with Gasteiger partial charge >= 0.3 is 0 Å². The average Bonchev–Trinajstić information content (AvgIpc) is 3.11. The van der Waals surface area contributed by atoms with Gasteiger partial charge in [0.25, 0.3) is 5.91 Å². The van der Waals surface area contributed by atoms with Gasteiger partial charge in [-0.25, -0.2) is 0 Å². The molecule has 1 aromatic heterocycles. The molecule has 2 unspecified atom stereocenters. The lowest BCUT2D eigenvalue weighted by atomic mass is 10.0. The first-order valence-electron chi connectivity index (χ1n) is 7.84. The summed E-state index contributed by atoms with van der Waals surface area (Å²) in [7, 11) is 1.82. The number of piperidine rings is 1. The Morgan fingerprint density at radius 1 is 1.48 bits per heavy atom. The standard InChI is InChI=1S/C15H24N4O2/c1-18-9-12(8-16-18)15(20)17-13-4-2-6-19(10-13)11-14-5-3-7-21-14/h8-9,13-14H,2-7,10-11H2,1H3,(H,17,20). The lowest BCUT2D eigenvalue weighted by Gasteiger charge is -2.34. The first-order valence-corrected chi connectivity index (χ1v) is 7.84. The van der Waals surface area contributed by atoms with Crippen LogP contribution in [0.3, 0.4) is 0 Å². The third-order valence-electron chi connectivity index (χ3n) is 4.29. The first-order chi connectivity index (χ1) is 10.2. The summed E-state index contributed by atoms with van der Waals surface area (Å²) >= 11 is 0. The number of carbonyl (C=O) groups excluding carboxylic acids is 1. The monoisotopic (exact) mass is 292 g/mol. The molecule has 0 saturated carbocycles. The first kappa shape index (κ1) is 14.5. The molecule has 0 aromatic carbocycles. The fraction of sp³-hybridized carbons (Fsp3) is 0.733. The van der Waals surface area contributed by atoms with E-state index in [2.05, 4.69) is 15.3 Å². The van der Waals surface area contributed by atoms with E-state index in [-0.39, 0.29) is 11.9 Å². The van der Waals surface area contributed by atoms with Crippen molar-refractivity contribution in [1.82, 2.24) is 20.0 Å². The molecule has 0 spiro atoms. The normalized spacial score (nSPS) is 26.9. The van der Waals surface area contributed by atoms with Crippen molar-refractivity contribution in [2.24, 2.45) is 7.05 Å². The molecule has 116 valence electrons. The summed E-state index contributed by atoms with van der Waals surface area (Å²) < 4.78 is 7.36. The molecule has 3 heterocycles. The molecule has 3 rings (SSSR count). The van der Waals surface area contributed by atoms with E-state index in [0.717, 1.165) is 39.1 Å². The zero-order chi connectivity index (χ0) is 14.7. The van der Waals surface area contributed by atoms with Crippen molar-refractivity contribution in [2.75, 3.05) is 26.2 Å². The predicted molar refractivity (Wildman–Crippen MR) is 79.1 cm³/mol. The highest BCUT2D eigenvalue weighted by molar-refractivity contribution is 5.93. The Kier molecular flexibility index (Phi) is 4.55. The van der Waals surface area contributed by atoms with Crippen LogP contribution >= 0.6 is 0 Å². The smallest absolute Gasteiger partial charge is 0.254 e. The van der Waals surface area contributed by atoms with Gasteiger partial charge in [-0.05, 0) is 32.2 Å². The fourth-order valence-corrected chi connectivity index (χ4v) is 3.22. The van der Waals surface area contributed by atoms with Crippen LogP contribution in [-0.4, -0.2) is 59.0 Å². The molecule has 6 heteroatoms. The van der Waals surface area contributed by atoms with Gasteiger partial charge in [0, 0.05) is 39.0 Å². The number of rotatable bonds is 4. The maximum atomic E-state index is 12.2. The zero-order valence-electron chi connectivity index (χ0n) is 12.6. The number of nitrogens with zero attached hydrogens (tertiary/aromatic N) is 3. The highest BCUT2D eigenvalue weighted by Crippen LogP contribution is 2.17. The van der Waals surface area contributed by atoms with Crippen molar-refractivity contribution in [2.45, 2.75) is 37.8 Å². The summed E-state index contributed by atoms with van der Waals surface area (Å²) in [6.07, 6.45) is 8.28. The van der Waals surface area contributed by atoms with E-state index >= 15 is 0 Å². The molecule has 21 heavy (non-hydrogen) atoms. The summed E-state index contributed by atoms with van der Waals surface area (Å²) in [5.41, 5.74) is 0.633. The molecular weight excluding hydrogens is 268 g/mol. The van der Waals surface area contributed by atoms with Crippen LogP contribution in [0.25, 0.3) is 0 Å². The number of carbonyl (C=O) groups is 1. The Morgan fingerprint density at radius 3 is 3.10 bits per heavy atom. The molecule has 2 fully saturated rings. The second-order valence-corrected chi connectivity index (χ2v) is 6.11. The molecule has 0 aliphatic carbocycles. The van der Waals surface area contributed by atoms with Gasteiger partial charge in [0.05, 0.1) is 17.9 Å². The highest BCUT2D eigenvalue weighted by atomic mass is 16.5. The Hall–Kier alpha value is -1.40. The Labute approximate surface area is 125 Å². The maximum Gasteiger partial charge on any atom is 0.254 e. The van der Waals surface area contributed by atoms with Crippen LogP contribution < -0.4 is 5.32 Å². The van der Waals surface area contributed by atoms with Crippen molar-refractivity contribution >= 4 is 5.91 Å². The second kappa shape index (κ2) is 6.58. The number of aryl methyl sites for hydroxylation is 1. The van der Waals surface area contributed by atoms with Gasteiger partial charge in [-0.1, -0.05) is 0 Å². The number of nitrogens with one attached hydrogen (secondary N) is 1. The van der Waals surface area contributed by atoms with Gasteiger partial charge < -0.3 is 10.1 Å². The van der Waals surface area contributed by atoms with Gasteiger partial charge in [0.15, 0.2) is 0 Å². The molecule has 1 aromatic rings. The lowest BCUT2D eigenvalue weighted by Crippen LogP contribution is -2.49.